The molecule has 0 bridgehead atoms. The number of esters is 2. The Balaban J connectivity index is 1.70. The Labute approximate surface area is 207 Å². The number of anilines is 1. The molecule has 2 heterocycles. The highest BCUT2D eigenvalue weighted by molar-refractivity contribution is 6.05. The van der Waals surface area contributed by atoms with Crippen molar-refractivity contribution in [2.24, 2.45) is 0 Å². The first-order valence-corrected chi connectivity index (χ1v) is 12.3. The number of benzene rings is 1. The molecule has 0 unspecified atom stereocenters. The van der Waals surface area contributed by atoms with Crippen molar-refractivity contribution in [3.63, 3.8) is 0 Å². The van der Waals surface area contributed by atoms with E-state index < -0.39 is 12.0 Å². The minimum Gasteiger partial charge on any atom is -0.496 e. The van der Waals surface area contributed by atoms with E-state index in [0.717, 1.165) is 36.3 Å². The lowest BCUT2D eigenvalue weighted by Crippen LogP contribution is -2.29. The van der Waals surface area contributed by atoms with Gasteiger partial charge < -0.3 is 24.8 Å². The summed E-state index contributed by atoms with van der Waals surface area (Å²) < 4.78 is 16.3. The van der Waals surface area contributed by atoms with Gasteiger partial charge in [0, 0.05) is 30.6 Å². The molecule has 0 saturated carbocycles. The molecule has 9 nitrogen and oxygen atoms in total. The fourth-order valence-electron chi connectivity index (χ4n) is 4.55. The standard InChI is InChI=1S/C26H37N3O6/c1-5-27-26(32)28-23-19(24(33-4)18(3)20-16-35-25(31)22(20)23)10-8-17(2)9-11-21(30)34-15-14-29-12-6-7-13-29/h8H,5-7,9-16H2,1-4H3,(H2,27,28,32). The van der Waals surface area contributed by atoms with Gasteiger partial charge in [-0.2, -0.15) is 0 Å². The van der Waals surface area contributed by atoms with Crippen LogP contribution < -0.4 is 15.4 Å². The second-order valence-electron chi connectivity index (χ2n) is 8.95. The second kappa shape index (κ2) is 12.6. The van der Waals surface area contributed by atoms with Crippen molar-refractivity contribution < 1.29 is 28.6 Å². The van der Waals surface area contributed by atoms with Crippen molar-refractivity contribution in [3.8, 4) is 5.75 Å². The maximum atomic E-state index is 12.5. The quantitative estimate of drug-likeness (QED) is 0.362. The molecule has 9 heteroatoms. The molecule has 2 amide bonds. The average molecular weight is 488 g/mol. The Bertz CT molecular complexity index is 982. The highest BCUT2D eigenvalue weighted by atomic mass is 16.5. The molecule has 3 rings (SSSR count). The van der Waals surface area contributed by atoms with Gasteiger partial charge in [-0.1, -0.05) is 11.6 Å². The van der Waals surface area contributed by atoms with E-state index in [1.165, 1.54) is 12.8 Å². The minimum atomic E-state index is -0.462. The Morgan fingerprint density at radius 3 is 2.63 bits per heavy atom. The van der Waals surface area contributed by atoms with Crippen molar-refractivity contribution in [2.45, 2.75) is 59.5 Å². The van der Waals surface area contributed by atoms with Crippen LogP contribution in [0.2, 0.25) is 0 Å². The molecule has 2 aliphatic rings. The van der Waals surface area contributed by atoms with Crippen LogP contribution in [0.25, 0.3) is 0 Å². The zero-order chi connectivity index (χ0) is 25.4. The van der Waals surface area contributed by atoms with Gasteiger partial charge in [-0.15, -0.1) is 0 Å². The Morgan fingerprint density at radius 2 is 1.94 bits per heavy atom. The number of urea groups is 1. The maximum absolute atomic E-state index is 12.5. The number of methoxy groups -OCH3 is 1. The van der Waals surface area contributed by atoms with Crippen LogP contribution in [0.4, 0.5) is 10.5 Å². The summed E-state index contributed by atoms with van der Waals surface area (Å²) in [6, 6.07) is -0.404. The Morgan fingerprint density at radius 1 is 1.20 bits per heavy atom. The number of cyclic esters (lactones) is 1. The molecule has 1 aromatic rings. The monoisotopic (exact) mass is 487 g/mol. The molecule has 1 aromatic carbocycles. The fraction of sp³-hybridized carbons (Fsp3) is 0.577. The summed E-state index contributed by atoms with van der Waals surface area (Å²) >= 11 is 0. The van der Waals surface area contributed by atoms with Gasteiger partial charge in [0.2, 0.25) is 0 Å². The fourth-order valence-corrected chi connectivity index (χ4v) is 4.55. The van der Waals surface area contributed by atoms with Crippen molar-refractivity contribution in [1.29, 1.82) is 0 Å². The predicted molar refractivity (Wildman–Crippen MR) is 133 cm³/mol. The molecule has 192 valence electrons. The molecule has 35 heavy (non-hydrogen) atoms. The molecule has 0 radical (unpaired) electrons. The Kier molecular flexibility index (Phi) is 9.54. The third kappa shape index (κ3) is 6.75. The Hall–Kier alpha value is -3.07. The largest absolute Gasteiger partial charge is 0.496 e. The first-order chi connectivity index (χ1) is 16.8. The minimum absolute atomic E-state index is 0.148. The predicted octanol–water partition coefficient (Wildman–Crippen LogP) is 3.72. The topological polar surface area (TPSA) is 106 Å². The van der Waals surface area contributed by atoms with Crippen LogP contribution in [0, 0.1) is 6.92 Å². The maximum Gasteiger partial charge on any atom is 0.341 e. The van der Waals surface area contributed by atoms with Crippen molar-refractivity contribution in [1.82, 2.24) is 10.2 Å². The van der Waals surface area contributed by atoms with Gasteiger partial charge in [-0.05, 0) is 65.1 Å². The van der Waals surface area contributed by atoms with Gasteiger partial charge in [0.25, 0.3) is 0 Å². The van der Waals surface area contributed by atoms with E-state index >= 15 is 0 Å². The number of fused-ring (bicyclic) bond motifs is 1. The van der Waals surface area contributed by atoms with Crippen LogP contribution in [0.3, 0.4) is 0 Å². The summed E-state index contributed by atoms with van der Waals surface area (Å²) in [5, 5.41) is 5.52. The van der Waals surface area contributed by atoms with Crippen molar-refractivity contribution in [2.75, 3.05) is 45.2 Å². The molecule has 1 fully saturated rings. The SMILES string of the molecule is CCNC(=O)Nc1c(CC=C(C)CCC(=O)OCCN2CCCC2)c(OC)c(C)c2c1C(=O)OC2. The lowest BCUT2D eigenvalue weighted by molar-refractivity contribution is -0.143. The van der Waals surface area contributed by atoms with Gasteiger partial charge in [-0.3, -0.25) is 9.69 Å². The van der Waals surface area contributed by atoms with E-state index in [2.05, 4.69) is 15.5 Å². The van der Waals surface area contributed by atoms with Crippen LogP contribution in [0.5, 0.6) is 5.75 Å². The van der Waals surface area contributed by atoms with Gasteiger partial charge in [0.1, 0.15) is 19.0 Å². The summed E-state index contributed by atoms with van der Waals surface area (Å²) in [5.41, 5.74) is 4.02. The summed E-state index contributed by atoms with van der Waals surface area (Å²) in [4.78, 5) is 39.3. The van der Waals surface area contributed by atoms with E-state index in [1.807, 2.05) is 26.8 Å². The molecule has 2 aliphatic heterocycles. The summed E-state index contributed by atoms with van der Waals surface area (Å²) in [5.74, 6) is -0.0559. The molecule has 0 spiro atoms. The van der Waals surface area contributed by atoms with E-state index in [1.54, 1.807) is 7.11 Å². The molecular weight excluding hydrogens is 450 g/mol. The van der Waals surface area contributed by atoms with E-state index in [-0.39, 0.29) is 12.6 Å². The zero-order valence-corrected chi connectivity index (χ0v) is 21.3. The number of likely N-dealkylation sites (tertiary alicyclic amines) is 1. The van der Waals surface area contributed by atoms with Crippen molar-refractivity contribution >= 4 is 23.7 Å². The average Bonchev–Trinajstić information content (AvgIpc) is 3.48. The number of allylic oxidation sites excluding steroid dienone is 2. The zero-order valence-electron chi connectivity index (χ0n) is 21.3. The lowest BCUT2D eigenvalue weighted by Gasteiger charge is -2.20. The van der Waals surface area contributed by atoms with Gasteiger partial charge in [0.15, 0.2) is 0 Å². The molecule has 1 saturated heterocycles. The van der Waals surface area contributed by atoms with Crippen LogP contribution in [-0.4, -0.2) is 62.8 Å². The number of carbonyl (C=O) groups excluding carboxylic acids is 3. The van der Waals surface area contributed by atoms with Gasteiger partial charge in [0.05, 0.1) is 18.4 Å². The van der Waals surface area contributed by atoms with Gasteiger partial charge >= 0.3 is 18.0 Å². The van der Waals surface area contributed by atoms with Gasteiger partial charge in [-0.25, -0.2) is 9.59 Å². The number of nitrogens with zero attached hydrogens (tertiary/aromatic N) is 1. The summed E-state index contributed by atoms with van der Waals surface area (Å²) in [6.45, 7) is 9.64. The van der Waals surface area contributed by atoms with E-state index in [0.29, 0.717) is 55.0 Å². The molecule has 2 N–H and O–H groups in total. The number of ether oxygens (including phenoxy) is 3. The van der Waals surface area contributed by atoms with Crippen LogP contribution >= 0.6 is 0 Å². The van der Waals surface area contributed by atoms with E-state index in [4.69, 9.17) is 14.2 Å². The number of hydrogen-bond acceptors (Lipinski definition) is 7. The third-order valence-corrected chi connectivity index (χ3v) is 6.50. The van der Waals surface area contributed by atoms with Crippen molar-refractivity contribution in [3.05, 3.63) is 33.9 Å². The summed E-state index contributed by atoms with van der Waals surface area (Å²) in [7, 11) is 1.57. The lowest BCUT2D eigenvalue weighted by atomic mass is 9.93. The highest BCUT2D eigenvalue weighted by Gasteiger charge is 2.32. The number of nitrogens with one attached hydrogen (secondary N) is 2. The normalized spacial score (nSPS) is 15.5. The van der Waals surface area contributed by atoms with E-state index in [9.17, 15) is 14.4 Å². The molecule has 0 aromatic heterocycles. The number of hydrogen-bond donors (Lipinski definition) is 2. The van der Waals surface area contributed by atoms with Crippen LogP contribution in [-0.2, 0) is 27.3 Å². The number of amides is 2. The number of carbonyl (C=O) groups is 3. The van der Waals surface area contributed by atoms with Crippen LogP contribution in [0.15, 0.2) is 11.6 Å². The second-order valence-corrected chi connectivity index (χ2v) is 8.95. The summed E-state index contributed by atoms with van der Waals surface area (Å²) in [6.07, 6.45) is 5.71. The first kappa shape index (κ1) is 26.5. The third-order valence-electron chi connectivity index (χ3n) is 6.50. The molecule has 0 atom stereocenters. The van der Waals surface area contributed by atoms with Crippen LogP contribution in [0.1, 0.15) is 66.6 Å². The molecule has 0 aliphatic carbocycles. The molecular formula is C26H37N3O6. The number of rotatable bonds is 11. The first-order valence-electron chi connectivity index (χ1n) is 12.3. The smallest absolute Gasteiger partial charge is 0.341 e. The highest BCUT2D eigenvalue weighted by Crippen LogP contribution is 2.41.